The van der Waals surface area contributed by atoms with E-state index in [1.807, 2.05) is 30.3 Å². The van der Waals surface area contributed by atoms with Crippen LogP contribution >= 0.6 is 11.8 Å². The normalized spacial score (nSPS) is 17.4. The molecule has 1 aromatic heterocycles. The number of fused-ring (bicyclic) bond motifs is 1. The molecule has 0 bridgehead atoms. The summed E-state index contributed by atoms with van der Waals surface area (Å²) in [6, 6.07) is 9.57. The highest BCUT2D eigenvalue weighted by Gasteiger charge is 2.24. The minimum Gasteiger partial charge on any atom is -0.282 e. The largest absolute Gasteiger partial charge is 0.290 e. The van der Waals surface area contributed by atoms with Gasteiger partial charge in [-0.25, -0.2) is 0 Å². The molecule has 3 rings (SSSR count). The fourth-order valence-corrected chi connectivity index (χ4v) is 2.43. The number of amides is 2. The lowest BCUT2D eigenvalue weighted by Gasteiger charge is -1.99. The fourth-order valence-electron chi connectivity index (χ4n) is 1.75. The van der Waals surface area contributed by atoms with Gasteiger partial charge in [0.1, 0.15) is 0 Å². The molecule has 0 saturated carbocycles. The first-order valence-corrected chi connectivity index (χ1v) is 6.14. The van der Waals surface area contributed by atoms with Crippen molar-refractivity contribution in [2.75, 3.05) is 0 Å². The van der Waals surface area contributed by atoms with Gasteiger partial charge >= 0.3 is 0 Å². The lowest BCUT2D eigenvalue weighted by molar-refractivity contribution is -0.115. The molecule has 1 aliphatic rings. The Morgan fingerprint density at radius 1 is 1.22 bits per heavy atom. The summed E-state index contributed by atoms with van der Waals surface area (Å²) in [7, 11) is 0. The Kier molecular flexibility index (Phi) is 2.60. The lowest BCUT2D eigenvalue weighted by atomic mass is 10.1. The van der Waals surface area contributed by atoms with Gasteiger partial charge in [-0.2, -0.15) is 0 Å². The minimum atomic E-state index is -0.342. The SMILES string of the molecule is O=C1NC(=O)C(=Cc2ccc3cccnc3c2)S1. The van der Waals surface area contributed by atoms with Crippen LogP contribution in [0.25, 0.3) is 17.0 Å². The zero-order chi connectivity index (χ0) is 12.5. The molecule has 1 fully saturated rings. The zero-order valence-corrected chi connectivity index (χ0v) is 10.0. The number of nitrogens with one attached hydrogen (secondary N) is 1. The van der Waals surface area contributed by atoms with Gasteiger partial charge in [0, 0.05) is 11.6 Å². The highest BCUT2D eigenvalue weighted by molar-refractivity contribution is 8.18. The number of thioether (sulfide) groups is 1. The summed E-state index contributed by atoms with van der Waals surface area (Å²) in [5.74, 6) is -0.342. The predicted molar refractivity (Wildman–Crippen MR) is 70.8 cm³/mol. The Morgan fingerprint density at radius 3 is 2.89 bits per heavy atom. The second-order valence-electron chi connectivity index (χ2n) is 3.81. The smallest absolute Gasteiger partial charge is 0.282 e. The number of carbonyl (C=O) groups excluding carboxylic acids is 2. The van der Waals surface area contributed by atoms with Crippen molar-refractivity contribution in [3.8, 4) is 0 Å². The summed E-state index contributed by atoms with van der Waals surface area (Å²) in [6.07, 6.45) is 3.42. The number of hydrogen-bond donors (Lipinski definition) is 1. The number of carbonyl (C=O) groups is 2. The van der Waals surface area contributed by atoms with Gasteiger partial charge in [0.05, 0.1) is 10.4 Å². The van der Waals surface area contributed by atoms with Crippen molar-refractivity contribution in [2.24, 2.45) is 0 Å². The molecule has 0 aliphatic carbocycles. The molecule has 1 aromatic carbocycles. The Bertz CT molecular complexity index is 694. The van der Waals surface area contributed by atoms with E-state index in [1.54, 1.807) is 12.3 Å². The lowest BCUT2D eigenvalue weighted by Crippen LogP contribution is -2.17. The molecule has 1 saturated heterocycles. The van der Waals surface area contributed by atoms with Crippen LogP contribution in [0.15, 0.2) is 41.4 Å². The third-order valence-electron chi connectivity index (χ3n) is 2.57. The topological polar surface area (TPSA) is 59.1 Å². The number of pyridine rings is 1. The van der Waals surface area contributed by atoms with Gasteiger partial charge in [-0.1, -0.05) is 18.2 Å². The molecular formula is C13H8N2O2S. The quantitative estimate of drug-likeness (QED) is 0.797. The number of nitrogens with zero attached hydrogens (tertiary/aromatic N) is 1. The molecule has 0 unspecified atom stereocenters. The van der Waals surface area contributed by atoms with E-state index < -0.39 is 0 Å². The summed E-state index contributed by atoms with van der Waals surface area (Å²) >= 11 is 0.915. The molecule has 0 spiro atoms. The maximum atomic E-state index is 11.4. The van der Waals surface area contributed by atoms with Gasteiger partial charge in [-0.05, 0) is 35.5 Å². The van der Waals surface area contributed by atoms with Crippen LogP contribution in [0.2, 0.25) is 0 Å². The molecule has 1 N–H and O–H groups in total. The van der Waals surface area contributed by atoms with Crippen molar-refractivity contribution in [2.45, 2.75) is 0 Å². The number of hydrogen-bond acceptors (Lipinski definition) is 4. The highest BCUT2D eigenvalue weighted by Crippen LogP contribution is 2.26. The summed E-state index contributed by atoms with van der Waals surface area (Å²) in [6.45, 7) is 0. The number of rotatable bonds is 1. The molecule has 2 heterocycles. The van der Waals surface area contributed by atoms with Crippen molar-refractivity contribution in [3.05, 3.63) is 47.0 Å². The Labute approximate surface area is 107 Å². The number of imide groups is 1. The second kappa shape index (κ2) is 4.27. The average Bonchev–Trinajstić information content (AvgIpc) is 2.68. The maximum absolute atomic E-state index is 11.4. The molecule has 5 heteroatoms. The number of benzene rings is 1. The minimum absolute atomic E-state index is 0.329. The first-order chi connectivity index (χ1) is 8.72. The van der Waals surface area contributed by atoms with Crippen LogP contribution in [0.4, 0.5) is 4.79 Å². The predicted octanol–water partition coefficient (Wildman–Crippen LogP) is 2.56. The highest BCUT2D eigenvalue weighted by atomic mass is 32.2. The Balaban J connectivity index is 2.02. The van der Waals surface area contributed by atoms with Crippen molar-refractivity contribution in [1.29, 1.82) is 0 Å². The Hall–Kier alpha value is -2.14. The second-order valence-corrected chi connectivity index (χ2v) is 4.82. The first kappa shape index (κ1) is 11.0. The van der Waals surface area contributed by atoms with E-state index in [1.165, 1.54) is 0 Å². The molecule has 0 atom stereocenters. The summed E-state index contributed by atoms with van der Waals surface area (Å²) in [5.41, 5.74) is 1.72. The maximum Gasteiger partial charge on any atom is 0.290 e. The van der Waals surface area contributed by atoms with Crippen LogP contribution in [0.5, 0.6) is 0 Å². The summed E-state index contributed by atoms with van der Waals surface area (Å²) in [5, 5.41) is 2.94. The van der Waals surface area contributed by atoms with Gasteiger partial charge < -0.3 is 0 Å². The average molecular weight is 256 g/mol. The van der Waals surface area contributed by atoms with Crippen LogP contribution in [0.3, 0.4) is 0 Å². The van der Waals surface area contributed by atoms with Gasteiger partial charge in [-0.15, -0.1) is 0 Å². The van der Waals surface area contributed by atoms with Gasteiger partial charge in [0.25, 0.3) is 11.1 Å². The summed E-state index contributed by atoms with van der Waals surface area (Å²) in [4.78, 5) is 27.1. The molecule has 2 amide bonds. The van der Waals surface area contributed by atoms with Gasteiger partial charge in [0.2, 0.25) is 0 Å². The molecule has 18 heavy (non-hydrogen) atoms. The Morgan fingerprint density at radius 2 is 2.11 bits per heavy atom. The van der Waals surface area contributed by atoms with E-state index in [-0.39, 0.29) is 11.1 Å². The molecule has 0 radical (unpaired) electrons. The fraction of sp³-hybridized carbons (Fsp3) is 0. The monoisotopic (exact) mass is 256 g/mol. The molecule has 88 valence electrons. The van der Waals surface area contributed by atoms with Crippen LogP contribution in [-0.2, 0) is 4.79 Å². The van der Waals surface area contributed by atoms with Crippen LogP contribution in [0.1, 0.15) is 5.56 Å². The standard InChI is InChI=1S/C13H8N2O2S/c16-12-11(18-13(17)15-12)7-8-3-4-9-2-1-5-14-10(9)6-8/h1-7H,(H,15,16,17). The van der Waals surface area contributed by atoms with Crippen molar-refractivity contribution in [1.82, 2.24) is 10.3 Å². The van der Waals surface area contributed by atoms with Crippen molar-refractivity contribution in [3.63, 3.8) is 0 Å². The summed E-state index contributed by atoms with van der Waals surface area (Å²) < 4.78 is 0. The zero-order valence-electron chi connectivity index (χ0n) is 9.21. The molecule has 4 nitrogen and oxygen atoms in total. The third-order valence-corrected chi connectivity index (χ3v) is 3.38. The van der Waals surface area contributed by atoms with Gasteiger partial charge in [0.15, 0.2) is 0 Å². The molecule has 2 aromatic rings. The first-order valence-electron chi connectivity index (χ1n) is 5.32. The number of aromatic nitrogens is 1. The van der Waals surface area contributed by atoms with E-state index in [9.17, 15) is 9.59 Å². The van der Waals surface area contributed by atoms with E-state index >= 15 is 0 Å². The van der Waals surface area contributed by atoms with E-state index in [2.05, 4.69) is 10.3 Å². The van der Waals surface area contributed by atoms with E-state index in [0.29, 0.717) is 4.91 Å². The van der Waals surface area contributed by atoms with Crippen LogP contribution in [0, 0.1) is 0 Å². The van der Waals surface area contributed by atoms with E-state index in [4.69, 9.17) is 0 Å². The molecule has 1 aliphatic heterocycles. The van der Waals surface area contributed by atoms with E-state index in [0.717, 1.165) is 28.2 Å². The van der Waals surface area contributed by atoms with Crippen LogP contribution < -0.4 is 5.32 Å². The van der Waals surface area contributed by atoms with Gasteiger partial charge in [-0.3, -0.25) is 19.9 Å². The van der Waals surface area contributed by atoms with Crippen molar-refractivity contribution >= 4 is 39.9 Å². The molecular weight excluding hydrogens is 248 g/mol. The third kappa shape index (κ3) is 2.00. The van der Waals surface area contributed by atoms with Crippen molar-refractivity contribution < 1.29 is 9.59 Å². The van der Waals surface area contributed by atoms with Crippen LogP contribution in [-0.4, -0.2) is 16.1 Å².